The van der Waals surface area contributed by atoms with E-state index in [4.69, 9.17) is 9.84 Å². The maximum absolute atomic E-state index is 12.4. The third-order valence-corrected chi connectivity index (χ3v) is 3.78. The highest BCUT2D eigenvalue weighted by Crippen LogP contribution is 2.23. The first-order valence-electron chi connectivity index (χ1n) is 6.82. The molecule has 2 aliphatic heterocycles. The molecular weight excluding hydrogens is 234 g/mol. The van der Waals surface area contributed by atoms with Gasteiger partial charge in [0.2, 0.25) is 0 Å². The number of carboxylic acid groups (broad SMARTS) is 1. The van der Waals surface area contributed by atoms with Crippen LogP contribution in [0.5, 0.6) is 0 Å². The van der Waals surface area contributed by atoms with Crippen molar-refractivity contribution in [2.24, 2.45) is 0 Å². The molecule has 18 heavy (non-hydrogen) atoms. The number of piperidine rings is 1. The van der Waals surface area contributed by atoms with Crippen molar-refractivity contribution in [1.82, 2.24) is 4.90 Å². The zero-order valence-corrected chi connectivity index (χ0v) is 10.6. The monoisotopic (exact) mass is 255 g/mol. The summed E-state index contributed by atoms with van der Waals surface area (Å²) in [4.78, 5) is 24.9. The van der Waals surface area contributed by atoms with Crippen LogP contribution in [-0.2, 0) is 14.3 Å². The van der Waals surface area contributed by atoms with Crippen LogP contribution in [0.3, 0.4) is 0 Å². The average molecular weight is 255 g/mol. The summed E-state index contributed by atoms with van der Waals surface area (Å²) in [7, 11) is 0. The normalized spacial score (nSPS) is 29.0. The van der Waals surface area contributed by atoms with E-state index in [2.05, 4.69) is 0 Å². The van der Waals surface area contributed by atoms with Crippen molar-refractivity contribution in [2.75, 3.05) is 13.2 Å². The van der Waals surface area contributed by atoms with Gasteiger partial charge < -0.3 is 14.7 Å². The van der Waals surface area contributed by atoms with Gasteiger partial charge in [0.15, 0.2) is 0 Å². The van der Waals surface area contributed by atoms with Gasteiger partial charge in [0.1, 0.15) is 6.10 Å². The lowest BCUT2D eigenvalue weighted by molar-refractivity contribution is -0.152. The number of hydrogen-bond acceptors (Lipinski definition) is 3. The van der Waals surface area contributed by atoms with Crippen LogP contribution in [0.4, 0.5) is 0 Å². The van der Waals surface area contributed by atoms with Gasteiger partial charge in [-0.25, -0.2) is 0 Å². The van der Waals surface area contributed by atoms with Gasteiger partial charge in [-0.2, -0.15) is 0 Å². The second kappa shape index (κ2) is 6.18. The topological polar surface area (TPSA) is 66.8 Å². The van der Waals surface area contributed by atoms with Gasteiger partial charge in [0.25, 0.3) is 5.91 Å². The Morgan fingerprint density at radius 2 is 1.94 bits per heavy atom. The standard InChI is InChI=1S/C13H21NO4/c15-12(16)9-10-5-1-3-7-14(10)13(17)11-6-2-4-8-18-11/h10-11H,1-9H2,(H,15,16). The Balaban J connectivity index is 1.98. The molecule has 0 aliphatic carbocycles. The van der Waals surface area contributed by atoms with Crippen molar-refractivity contribution in [3.63, 3.8) is 0 Å². The summed E-state index contributed by atoms with van der Waals surface area (Å²) in [5, 5.41) is 8.91. The summed E-state index contributed by atoms with van der Waals surface area (Å²) < 4.78 is 5.51. The molecule has 2 unspecified atom stereocenters. The molecule has 5 heteroatoms. The molecular formula is C13H21NO4. The lowest BCUT2D eigenvalue weighted by Gasteiger charge is -2.37. The predicted molar refractivity (Wildman–Crippen MR) is 65.2 cm³/mol. The molecule has 0 bridgehead atoms. The minimum Gasteiger partial charge on any atom is -0.481 e. The molecule has 2 aliphatic rings. The van der Waals surface area contributed by atoms with Crippen LogP contribution in [0.15, 0.2) is 0 Å². The van der Waals surface area contributed by atoms with Gasteiger partial charge in [-0.1, -0.05) is 0 Å². The minimum atomic E-state index is -0.829. The Kier molecular flexibility index (Phi) is 4.58. The van der Waals surface area contributed by atoms with E-state index in [9.17, 15) is 9.59 Å². The summed E-state index contributed by atoms with van der Waals surface area (Å²) >= 11 is 0. The molecule has 2 rings (SSSR count). The van der Waals surface area contributed by atoms with Gasteiger partial charge in [-0.15, -0.1) is 0 Å². The van der Waals surface area contributed by atoms with Crippen LogP contribution < -0.4 is 0 Å². The molecule has 2 saturated heterocycles. The number of likely N-dealkylation sites (tertiary alicyclic amines) is 1. The first kappa shape index (κ1) is 13.3. The molecule has 0 saturated carbocycles. The van der Waals surface area contributed by atoms with E-state index in [-0.39, 0.29) is 24.5 Å². The SMILES string of the molecule is O=C(O)CC1CCCCN1C(=O)C1CCCCO1. The van der Waals surface area contributed by atoms with E-state index in [1.54, 1.807) is 4.90 Å². The third-order valence-electron chi connectivity index (χ3n) is 3.78. The summed E-state index contributed by atoms with van der Waals surface area (Å²) in [6.07, 6.45) is 5.30. The Bertz CT molecular complexity index is 312. The van der Waals surface area contributed by atoms with Crippen LogP contribution in [0.2, 0.25) is 0 Å². The number of nitrogens with zero attached hydrogens (tertiary/aromatic N) is 1. The lowest BCUT2D eigenvalue weighted by Crippen LogP contribution is -2.50. The smallest absolute Gasteiger partial charge is 0.305 e. The molecule has 1 amide bonds. The first-order chi connectivity index (χ1) is 8.68. The molecule has 0 aromatic heterocycles. The number of carboxylic acids is 1. The van der Waals surface area contributed by atoms with Crippen molar-refractivity contribution in [1.29, 1.82) is 0 Å². The fourth-order valence-electron chi connectivity index (χ4n) is 2.82. The zero-order chi connectivity index (χ0) is 13.0. The molecule has 2 heterocycles. The Hall–Kier alpha value is -1.10. The molecule has 2 atom stereocenters. The van der Waals surface area contributed by atoms with E-state index in [0.29, 0.717) is 13.2 Å². The zero-order valence-electron chi connectivity index (χ0n) is 10.6. The summed E-state index contributed by atoms with van der Waals surface area (Å²) in [6, 6.07) is -0.144. The van der Waals surface area contributed by atoms with Crippen LogP contribution in [0, 0.1) is 0 Å². The second-order valence-electron chi connectivity index (χ2n) is 5.13. The summed E-state index contributed by atoms with van der Waals surface area (Å²) in [5.74, 6) is -0.829. The van der Waals surface area contributed by atoms with Gasteiger partial charge in [0, 0.05) is 19.2 Å². The molecule has 102 valence electrons. The largest absolute Gasteiger partial charge is 0.481 e. The Morgan fingerprint density at radius 3 is 2.61 bits per heavy atom. The van der Waals surface area contributed by atoms with Gasteiger partial charge in [0.05, 0.1) is 6.42 Å². The van der Waals surface area contributed by atoms with Crippen molar-refractivity contribution >= 4 is 11.9 Å². The van der Waals surface area contributed by atoms with Gasteiger partial charge in [-0.05, 0) is 38.5 Å². The van der Waals surface area contributed by atoms with Crippen LogP contribution >= 0.6 is 0 Å². The van der Waals surface area contributed by atoms with Crippen LogP contribution in [0.25, 0.3) is 0 Å². The predicted octanol–water partition coefficient (Wildman–Crippen LogP) is 1.41. The maximum Gasteiger partial charge on any atom is 0.305 e. The molecule has 2 fully saturated rings. The number of rotatable bonds is 3. The third kappa shape index (κ3) is 3.22. The maximum atomic E-state index is 12.4. The van der Waals surface area contributed by atoms with Gasteiger partial charge in [-0.3, -0.25) is 9.59 Å². The molecule has 0 aromatic rings. The number of amides is 1. The molecule has 5 nitrogen and oxygen atoms in total. The van der Waals surface area contributed by atoms with Crippen LogP contribution in [-0.4, -0.2) is 47.2 Å². The molecule has 0 aromatic carbocycles. The van der Waals surface area contributed by atoms with Crippen molar-refractivity contribution in [3.05, 3.63) is 0 Å². The lowest BCUT2D eigenvalue weighted by atomic mass is 9.97. The highest BCUT2D eigenvalue weighted by Gasteiger charge is 2.33. The fraction of sp³-hybridized carbons (Fsp3) is 0.846. The average Bonchev–Trinajstić information content (AvgIpc) is 2.39. The first-order valence-corrected chi connectivity index (χ1v) is 6.82. The highest BCUT2D eigenvalue weighted by atomic mass is 16.5. The van der Waals surface area contributed by atoms with E-state index < -0.39 is 5.97 Å². The molecule has 0 spiro atoms. The molecule has 0 radical (unpaired) electrons. The number of aliphatic carboxylic acids is 1. The van der Waals surface area contributed by atoms with Gasteiger partial charge >= 0.3 is 5.97 Å². The number of carbonyl (C=O) groups is 2. The van der Waals surface area contributed by atoms with E-state index in [0.717, 1.165) is 38.5 Å². The molecule has 1 N–H and O–H groups in total. The fourth-order valence-corrected chi connectivity index (χ4v) is 2.82. The Labute approximate surface area is 107 Å². The summed E-state index contributed by atoms with van der Waals surface area (Å²) in [6.45, 7) is 1.32. The minimum absolute atomic E-state index is 0.000602. The van der Waals surface area contributed by atoms with Crippen molar-refractivity contribution in [2.45, 2.75) is 57.1 Å². The number of ether oxygens (including phenoxy) is 1. The van der Waals surface area contributed by atoms with Crippen LogP contribution in [0.1, 0.15) is 44.9 Å². The quantitative estimate of drug-likeness (QED) is 0.828. The second-order valence-corrected chi connectivity index (χ2v) is 5.13. The van der Waals surface area contributed by atoms with E-state index >= 15 is 0 Å². The summed E-state index contributed by atoms with van der Waals surface area (Å²) in [5.41, 5.74) is 0. The number of hydrogen-bond donors (Lipinski definition) is 1. The number of carbonyl (C=O) groups excluding carboxylic acids is 1. The van der Waals surface area contributed by atoms with Crippen molar-refractivity contribution in [3.8, 4) is 0 Å². The highest BCUT2D eigenvalue weighted by molar-refractivity contribution is 5.82. The van der Waals surface area contributed by atoms with Crippen molar-refractivity contribution < 1.29 is 19.4 Å². The van der Waals surface area contributed by atoms with E-state index in [1.807, 2.05) is 0 Å². The van der Waals surface area contributed by atoms with E-state index in [1.165, 1.54) is 0 Å². The Morgan fingerprint density at radius 1 is 1.17 bits per heavy atom.